The zero-order chi connectivity index (χ0) is 19.6. The summed E-state index contributed by atoms with van der Waals surface area (Å²) in [6, 6.07) is 1.21. The largest absolute Gasteiger partial charge is 0.394 e. The SMILES string of the molecule is CCn1c(C2=C(F)C=C(F)C(C)C2F)c(C(=N)/C=C\NC)cc(Cl)c1=O. The van der Waals surface area contributed by atoms with Crippen molar-refractivity contribution < 1.29 is 13.2 Å². The van der Waals surface area contributed by atoms with Crippen molar-refractivity contribution in [2.24, 2.45) is 5.92 Å². The first kappa shape index (κ1) is 20.0. The number of nitrogens with one attached hydrogen (secondary N) is 2. The second-order valence-corrected chi connectivity index (χ2v) is 6.23. The topological polar surface area (TPSA) is 57.9 Å². The van der Waals surface area contributed by atoms with E-state index >= 15 is 0 Å². The third-order valence-electron chi connectivity index (χ3n) is 4.20. The fourth-order valence-electron chi connectivity index (χ4n) is 2.78. The molecule has 1 aliphatic rings. The third kappa shape index (κ3) is 3.49. The van der Waals surface area contributed by atoms with Gasteiger partial charge in [-0.1, -0.05) is 18.5 Å². The molecule has 2 atom stereocenters. The number of aromatic nitrogens is 1. The highest BCUT2D eigenvalue weighted by Crippen LogP contribution is 2.40. The molecule has 2 unspecified atom stereocenters. The highest BCUT2D eigenvalue weighted by molar-refractivity contribution is 6.31. The molecule has 1 aliphatic carbocycles. The van der Waals surface area contributed by atoms with Gasteiger partial charge in [0.05, 0.1) is 11.4 Å². The van der Waals surface area contributed by atoms with Crippen molar-refractivity contribution in [2.75, 3.05) is 7.05 Å². The summed E-state index contributed by atoms with van der Waals surface area (Å²) in [5, 5.41) is 10.7. The van der Waals surface area contributed by atoms with Gasteiger partial charge in [0.2, 0.25) is 0 Å². The first-order chi connectivity index (χ1) is 12.2. The molecule has 0 radical (unpaired) electrons. The van der Waals surface area contributed by atoms with Gasteiger partial charge in [-0.05, 0) is 25.3 Å². The van der Waals surface area contributed by atoms with E-state index in [0.29, 0.717) is 6.08 Å². The molecule has 0 saturated heterocycles. The zero-order valence-corrected chi connectivity index (χ0v) is 15.3. The Labute approximate surface area is 154 Å². The molecule has 0 aliphatic heterocycles. The van der Waals surface area contributed by atoms with Gasteiger partial charge in [-0.15, -0.1) is 0 Å². The quantitative estimate of drug-likeness (QED) is 0.748. The molecule has 1 aromatic rings. The minimum Gasteiger partial charge on any atom is -0.394 e. The summed E-state index contributed by atoms with van der Waals surface area (Å²) in [7, 11) is 1.63. The predicted molar refractivity (Wildman–Crippen MR) is 97.7 cm³/mol. The first-order valence-electron chi connectivity index (χ1n) is 8.01. The number of allylic oxidation sites excluding steroid dienone is 5. The van der Waals surface area contributed by atoms with Crippen LogP contribution in [0.3, 0.4) is 0 Å². The van der Waals surface area contributed by atoms with Crippen molar-refractivity contribution in [2.45, 2.75) is 26.6 Å². The maximum atomic E-state index is 14.8. The molecule has 1 heterocycles. The number of pyridine rings is 1. The number of hydrogen-bond acceptors (Lipinski definition) is 3. The molecule has 2 rings (SSSR count). The van der Waals surface area contributed by atoms with Crippen LogP contribution in [0.1, 0.15) is 25.1 Å². The van der Waals surface area contributed by atoms with Crippen molar-refractivity contribution >= 4 is 22.9 Å². The van der Waals surface area contributed by atoms with Crippen LogP contribution < -0.4 is 10.9 Å². The van der Waals surface area contributed by atoms with Crippen molar-refractivity contribution in [1.29, 1.82) is 5.41 Å². The van der Waals surface area contributed by atoms with Crippen LogP contribution in [0.15, 0.2) is 40.9 Å². The highest BCUT2D eigenvalue weighted by atomic mass is 35.5. The fourth-order valence-corrected chi connectivity index (χ4v) is 2.99. The van der Waals surface area contributed by atoms with Gasteiger partial charge in [0.1, 0.15) is 22.8 Å². The summed E-state index contributed by atoms with van der Waals surface area (Å²) in [5.41, 5.74) is -1.21. The van der Waals surface area contributed by atoms with Gasteiger partial charge in [-0.25, -0.2) is 13.2 Å². The average molecular weight is 386 g/mol. The molecule has 0 amide bonds. The Balaban J connectivity index is 2.88. The average Bonchev–Trinajstić information content (AvgIpc) is 2.60. The standard InChI is InChI=1S/C18H19ClF3N3O/c1-4-25-17(15-13(21)8-12(20)9(2)16(15)22)10(7-11(19)18(25)26)14(23)5-6-24-3/h5-9,16,23-24H,4H2,1-3H3/b6-5-,23-14?. The molecule has 0 aromatic carbocycles. The van der Waals surface area contributed by atoms with Crippen LogP contribution in [0, 0.1) is 11.3 Å². The Kier molecular flexibility index (Phi) is 6.13. The Bertz CT molecular complexity index is 886. The van der Waals surface area contributed by atoms with Crippen LogP contribution in [-0.2, 0) is 6.54 Å². The monoisotopic (exact) mass is 385 g/mol. The lowest BCUT2D eigenvalue weighted by Gasteiger charge is -2.26. The van der Waals surface area contributed by atoms with Crippen LogP contribution in [0.4, 0.5) is 13.2 Å². The fraction of sp³-hybridized carbons (Fsp3) is 0.333. The van der Waals surface area contributed by atoms with E-state index in [1.807, 2.05) is 0 Å². The summed E-state index contributed by atoms with van der Waals surface area (Å²) >= 11 is 5.97. The molecule has 4 nitrogen and oxygen atoms in total. The van der Waals surface area contributed by atoms with E-state index in [1.54, 1.807) is 14.0 Å². The number of alkyl halides is 1. The first-order valence-corrected chi connectivity index (χ1v) is 8.39. The van der Waals surface area contributed by atoms with E-state index < -0.39 is 34.9 Å². The highest BCUT2D eigenvalue weighted by Gasteiger charge is 2.35. The number of nitrogens with zero attached hydrogens (tertiary/aromatic N) is 1. The Hall–Kier alpha value is -2.28. The summed E-state index contributed by atoms with van der Waals surface area (Å²) in [5.74, 6) is -3.22. The maximum Gasteiger partial charge on any atom is 0.269 e. The number of hydrogen-bond donors (Lipinski definition) is 2. The molecular weight excluding hydrogens is 367 g/mol. The van der Waals surface area contributed by atoms with E-state index in [4.69, 9.17) is 17.0 Å². The molecule has 0 saturated carbocycles. The van der Waals surface area contributed by atoms with Crippen LogP contribution in [-0.4, -0.2) is 23.5 Å². The second kappa shape index (κ2) is 7.95. The van der Waals surface area contributed by atoms with Gasteiger partial charge >= 0.3 is 0 Å². The van der Waals surface area contributed by atoms with E-state index in [-0.39, 0.29) is 28.5 Å². The molecule has 0 fully saturated rings. The second-order valence-electron chi connectivity index (χ2n) is 5.82. The Morgan fingerprint density at radius 3 is 2.69 bits per heavy atom. The van der Waals surface area contributed by atoms with Gasteiger partial charge < -0.3 is 15.3 Å². The van der Waals surface area contributed by atoms with E-state index in [0.717, 1.165) is 4.57 Å². The lowest BCUT2D eigenvalue weighted by Crippen LogP contribution is -2.30. The zero-order valence-electron chi connectivity index (χ0n) is 14.5. The Morgan fingerprint density at radius 1 is 1.46 bits per heavy atom. The van der Waals surface area contributed by atoms with Crippen molar-refractivity contribution in [3.8, 4) is 0 Å². The minimum atomic E-state index is -2.00. The summed E-state index contributed by atoms with van der Waals surface area (Å²) in [6.07, 6.45) is 1.44. The molecule has 140 valence electrons. The van der Waals surface area contributed by atoms with Crippen molar-refractivity contribution in [1.82, 2.24) is 9.88 Å². The maximum absolute atomic E-state index is 14.8. The van der Waals surface area contributed by atoms with Gasteiger partial charge in [0.15, 0.2) is 0 Å². The number of halogens is 4. The normalized spacial score (nSPS) is 20.5. The van der Waals surface area contributed by atoms with Crippen LogP contribution >= 0.6 is 11.6 Å². The molecule has 0 bridgehead atoms. The minimum absolute atomic E-state index is 0.0782. The van der Waals surface area contributed by atoms with Gasteiger partial charge in [-0.3, -0.25) is 4.79 Å². The lowest BCUT2D eigenvalue weighted by atomic mass is 9.87. The molecule has 8 heteroatoms. The number of rotatable bonds is 5. The molecule has 2 N–H and O–H groups in total. The van der Waals surface area contributed by atoms with Gasteiger partial charge in [0, 0.05) is 36.7 Å². The molecule has 26 heavy (non-hydrogen) atoms. The summed E-state index contributed by atoms with van der Waals surface area (Å²) < 4.78 is 44.2. The summed E-state index contributed by atoms with van der Waals surface area (Å²) in [4.78, 5) is 12.4. The lowest BCUT2D eigenvalue weighted by molar-refractivity contribution is 0.293. The van der Waals surface area contributed by atoms with Crippen LogP contribution in [0.2, 0.25) is 5.02 Å². The van der Waals surface area contributed by atoms with E-state index in [1.165, 1.54) is 25.3 Å². The predicted octanol–water partition coefficient (Wildman–Crippen LogP) is 4.14. The molecule has 1 aromatic heterocycles. The molecule has 0 spiro atoms. The van der Waals surface area contributed by atoms with Gasteiger partial charge in [0.25, 0.3) is 5.56 Å². The van der Waals surface area contributed by atoms with E-state index in [2.05, 4.69) is 5.32 Å². The van der Waals surface area contributed by atoms with Crippen LogP contribution in [0.25, 0.3) is 5.57 Å². The smallest absolute Gasteiger partial charge is 0.269 e. The summed E-state index contributed by atoms with van der Waals surface area (Å²) in [6.45, 7) is 2.99. The van der Waals surface area contributed by atoms with Crippen molar-refractivity contribution in [3.05, 3.63) is 62.7 Å². The Morgan fingerprint density at radius 2 is 2.12 bits per heavy atom. The van der Waals surface area contributed by atoms with Crippen LogP contribution in [0.5, 0.6) is 0 Å². The van der Waals surface area contributed by atoms with Crippen molar-refractivity contribution in [3.63, 3.8) is 0 Å². The molecular formula is C18H19ClF3N3O. The van der Waals surface area contributed by atoms with Gasteiger partial charge in [-0.2, -0.15) is 0 Å². The van der Waals surface area contributed by atoms with E-state index in [9.17, 15) is 18.0 Å². The third-order valence-corrected chi connectivity index (χ3v) is 4.47.